The average Bonchev–Trinajstić information content (AvgIpc) is 3.34. The van der Waals surface area contributed by atoms with Gasteiger partial charge in [0.05, 0.1) is 19.3 Å². The quantitative estimate of drug-likeness (QED) is 0.195. The van der Waals surface area contributed by atoms with Crippen LogP contribution in [0.5, 0.6) is 11.6 Å². The van der Waals surface area contributed by atoms with Crippen LogP contribution in [-0.2, 0) is 11.2 Å². The second kappa shape index (κ2) is 13.4. The van der Waals surface area contributed by atoms with E-state index in [0.29, 0.717) is 55.8 Å². The molecule has 0 radical (unpaired) electrons. The minimum absolute atomic E-state index is 0.0370. The number of alkyl halides is 3. The van der Waals surface area contributed by atoms with Gasteiger partial charge < -0.3 is 14.2 Å². The Hall–Kier alpha value is -3.92. The van der Waals surface area contributed by atoms with E-state index in [1.54, 1.807) is 24.4 Å². The second-order valence-corrected chi connectivity index (χ2v) is 10.4. The maximum atomic E-state index is 14.8. The van der Waals surface area contributed by atoms with Crippen LogP contribution >= 0.6 is 0 Å². The van der Waals surface area contributed by atoms with Gasteiger partial charge in [-0.3, -0.25) is 9.29 Å². The molecule has 1 aliphatic heterocycles. The Morgan fingerprint density at radius 3 is 2.64 bits per heavy atom. The number of likely N-dealkylation sites (tertiary alicyclic amines) is 1. The van der Waals surface area contributed by atoms with Gasteiger partial charge in [-0.05, 0) is 90.3 Å². The van der Waals surface area contributed by atoms with Gasteiger partial charge in [0.1, 0.15) is 6.10 Å². The first-order valence-electron chi connectivity index (χ1n) is 14.0. The molecule has 0 bridgehead atoms. The third kappa shape index (κ3) is 6.75. The Morgan fingerprint density at radius 2 is 1.93 bits per heavy atom. The van der Waals surface area contributed by atoms with Crippen molar-refractivity contribution in [1.82, 2.24) is 9.88 Å². The fraction of sp³-hybridized carbons (Fsp3) is 0.375. The van der Waals surface area contributed by atoms with Gasteiger partial charge in [0, 0.05) is 37.5 Å². The lowest BCUT2D eigenvalue weighted by atomic mass is 9.88. The van der Waals surface area contributed by atoms with Crippen LogP contribution in [0.3, 0.4) is 0 Å². The number of halogens is 4. The minimum atomic E-state index is -3.14. The van der Waals surface area contributed by atoms with Gasteiger partial charge in [0.15, 0.2) is 11.6 Å². The SMILES string of the molecule is COC(=O)c1ccc2c(c1)CCCC(c1ccc(OC(F)F)c(F)c1)=C2c1ccc(OC2CCN(CCCF)C2)nc1. The summed E-state index contributed by atoms with van der Waals surface area (Å²) in [6.07, 6.45) is 4.95. The molecule has 2 aliphatic rings. The van der Waals surface area contributed by atoms with Gasteiger partial charge in [-0.2, -0.15) is 8.78 Å². The number of ether oxygens (including phenoxy) is 3. The Morgan fingerprint density at radius 1 is 1.10 bits per heavy atom. The van der Waals surface area contributed by atoms with Gasteiger partial charge in [0.2, 0.25) is 5.88 Å². The van der Waals surface area contributed by atoms with Crippen LogP contribution < -0.4 is 9.47 Å². The average molecular weight is 585 g/mol. The first kappa shape index (κ1) is 29.6. The summed E-state index contributed by atoms with van der Waals surface area (Å²) in [7, 11) is 1.33. The molecule has 1 saturated heterocycles. The fourth-order valence-electron chi connectivity index (χ4n) is 5.68. The first-order chi connectivity index (χ1) is 20.4. The number of fused-ring (bicyclic) bond motifs is 1. The lowest BCUT2D eigenvalue weighted by Crippen LogP contribution is -2.26. The van der Waals surface area contributed by atoms with Crippen LogP contribution in [0, 0.1) is 5.82 Å². The van der Waals surface area contributed by atoms with E-state index >= 15 is 0 Å². The van der Waals surface area contributed by atoms with E-state index in [1.807, 2.05) is 18.2 Å². The largest absolute Gasteiger partial charge is 0.473 e. The molecule has 6 nitrogen and oxygen atoms in total. The van der Waals surface area contributed by atoms with Crippen LogP contribution in [0.1, 0.15) is 58.3 Å². The minimum Gasteiger partial charge on any atom is -0.473 e. The molecule has 10 heteroatoms. The summed E-state index contributed by atoms with van der Waals surface area (Å²) in [5.41, 5.74) is 5.13. The van der Waals surface area contributed by atoms with Crippen LogP contribution in [0.2, 0.25) is 0 Å². The van der Waals surface area contributed by atoms with Gasteiger partial charge in [-0.15, -0.1) is 0 Å². The molecule has 0 amide bonds. The summed E-state index contributed by atoms with van der Waals surface area (Å²) in [6.45, 7) is -1.21. The maximum absolute atomic E-state index is 14.8. The van der Waals surface area contributed by atoms with Crippen molar-refractivity contribution in [1.29, 1.82) is 0 Å². The number of benzene rings is 2. The summed E-state index contributed by atoms with van der Waals surface area (Å²) in [6, 6.07) is 13.0. The van der Waals surface area contributed by atoms with E-state index in [-0.39, 0.29) is 12.8 Å². The molecule has 0 spiro atoms. The molecule has 2 aromatic carbocycles. The molecule has 1 atom stereocenters. The van der Waals surface area contributed by atoms with E-state index in [0.717, 1.165) is 40.8 Å². The van der Waals surface area contributed by atoms with Gasteiger partial charge in [-0.25, -0.2) is 14.2 Å². The summed E-state index contributed by atoms with van der Waals surface area (Å²) < 4.78 is 68.2. The maximum Gasteiger partial charge on any atom is 0.387 e. The molecule has 1 aliphatic carbocycles. The first-order valence-corrected chi connectivity index (χ1v) is 14.0. The summed E-state index contributed by atoms with van der Waals surface area (Å²) in [5.74, 6) is -1.38. The number of aromatic nitrogens is 1. The standard InChI is InChI=1S/C32H32F4N2O4/c1-40-31(39)22-6-9-26-20(16-22)4-2-5-25(21-7-10-28(27(34)17-21)42-32(35)36)30(26)23-8-11-29(37-18-23)41-24-12-15-38(19-24)14-3-13-33/h6-11,16-18,24,32H,2-5,12-15,19H2,1H3. The fourth-order valence-corrected chi connectivity index (χ4v) is 5.68. The third-order valence-electron chi connectivity index (χ3n) is 7.62. The van der Waals surface area contributed by atoms with Crippen molar-refractivity contribution < 1.29 is 36.6 Å². The third-order valence-corrected chi connectivity index (χ3v) is 7.62. The van der Waals surface area contributed by atoms with Crippen molar-refractivity contribution in [3.05, 3.63) is 88.4 Å². The zero-order chi connectivity index (χ0) is 29.6. The molecular formula is C32H32F4N2O4. The molecule has 0 saturated carbocycles. The van der Waals surface area contributed by atoms with Crippen molar-refractivity contribution in [2.45, 2.75) is 44.8 Å². The number of rotatable bonds is 10. The highest BCUT2D eigenvalue weighted by Gasteiger charge is 2.25. The Kier molecular flexibility index (Phi) is 9.41. The predicted octanol–water partition coefficient (Wildman–Crippen LogP) is 6.72. The molecular weight excluding hydrogens is 552 g/mol. The second-order valence-electron chi connectivity index (χ2n) is 10.4. The zero-order valence-corrected chi connectivity index (χ0v) is 23.3. The Labute approximate surface area is 241 Å². The topological polar surface area (TPSA) is 60.9 Å². The highest BCUT2D eigenvalue weighted by Crippen LogP contribution is 2.41. The van der Waals surface area contributed by atoms with Gasteiger partial charge >= 0.3 is 12.6 Å². The summed E-state index contributed by atoms with van der Waals surface area (Å²) >= 11 is 0. The van der Waals surface area contributed by atoms with E-state index in [9.17, 15) is 22.4 Å². The number of esters is 1. The lowest BCUT2D eigenvalue weighted by molar-refractivity contribution is -0.0522. The van der Waals surface area contributed by atoms with Gasteiger partial charge in [0.25, 0.3) is 0 Å². The molecule has 42 heavy (non-hydrogen) atoms. The number of aryl methyl sites for hydroxylation is 1. The van der Waals surface area contributed by atoms with Crippen molar-refractivity contribution in [3.8, 4) is 11.6 Å². The van der Waals surface area contributed by atoms with Crippen LogP contribution in [0.4, 0.5) is 17.6 Å². The number of pyridine rings is 1. The number of hydrogen-bond acceptors (Lipinski definition) is 6. The normalized spacial score (nSPS) is 17.2. The van der Waals surface area contributed by atoms with Crippen molar-refractivity contribution in [3.63, 3.8) is 0 Å². The summed E-state index contributed by atoms with van der Waals surface area (Å²) in [4.78, 5) is 19.0. The van der Waals surface area contributed by atoms with Crippen molar-refractivity contribution in [2.75, 3.05) is 33.4 Å². The number of carbonyl (C=O) groups excluding carboxylic acids is 1. The zero-order valence-electron chi connectivity index (χ0n) is 23.3. The predicted molar refractivity (Wildman–Crippen MR) is 150 cm³/mol. The van der Waals surface area contributed by atoms with E-state index in [2.05, 4.69) is 14.6 Å². The molecule has 5 rings (SSSR count). The molecule has 3 aromatic rings. The highest BCUT2D eigenvalue weighted by atomic mass is 19.3. The highest BCUT2D eigenvalue weighted by molar-refractivity contribution is 6.00. The lowest BCUT2D eigenvalue weighted by Gasteiger charge is -2.18. The molecule has 2 heterocycles. The number of hydrogen-bond donors (Lipinski definition) is 0. The van der Waals surface area contributed by atoms with E-state index in [4.69, 9.17) is 9.47 Å². The van der Waals surface area contributed by atoms with Crippen LogP contribution in [0.25, 0.3) is 11.1 Å². The number of nitrogens with zero attached hydrogens (tertiary/aromatic N) is 2. The number of allylic oxidation sites excluding steroid dienone is 1. The van der Waals surface area contributed by atoms with E-state index < -0.39 is 24.1 Å². The van der Waals surface area contributed by atoms with E-state index in [1.165, 1.54) is 19.2 Å². The van der Waals surface area contributed by atoms with Gasteiger partial charge in [-0.1, -0.05) is 12.1 Å². The smallest absolute Gasteiger partial charge is 0.387 e. The van der Waals surface area contributed by atoms with Crippen LogP contribution in [-0.4, -0.2) is 62.0 Å². The number of methoxy groups -OCH3 is 1. The molecule has 1 fully saturated rings. The Bertz CT molecular complexity index is 1440. The number of carbonyl (C=O) groups is 1. The molecule has 1 aromatic heterocycles. The Balaban J connectivity index is 1.51. The molecule has 0 N–H and O–H groups in total. The van der Waals surface area contributed by atoms with Crippen molar-refractivity contribution in [2.24, 2.45) is 0 Å². The summed E-state index contributed by atoms with van der Waals surface area (Å²) in [5, 5.41) is 0. The monoisotopic (exact) mass is 584 g/mol. The van der Waals surface area contributed by atoms with Crippen LogP contribution in [0.15, 0.2) is 54.7 Å². The molecule has 1 unspecified atom stereocenters. The van der Waals surface area contributed by atoms with Crippen molar-refractivity contribution >= 4 is 17.1 Å². The molecule has 222 valence electrons.